The van der Waals surface area contributed by atoms with E-state index < -0.39 is 11.9 Å². The highest BCUT2D eigenvalue weighted by molar-refractivity contribution is 6.34. The number of nitrogens with one attached hydrogen (secondary N) is 2. The lowest BCUT2D eigenvalue weighted by Gasteiger charge is -2.10. The van der Waals surface area contributed by atoms with Crippen molar-refractivity contribution in [2.24, 2.45) is 5.16 Å². The lowest BCUT2D eigenvalue weighted by Crippen LogP contribution is -2.34. The number of oxime groups is 1. The van der Waals surface area contributed by atoms with Crippen molar-refractivity contribution < 1.29 is 14.4 Å². The smallest absolute Gasteiger partial charge is 0.326 e. The minimum Gasteiger partial charge on any atom is -0.391 e. The van der Waals surface area contributed by atoms with E-state index in [-0.39, 0.29) is 17.2 Å². The number of carbonyl (C=O) groups excluding carboxylic acids is 2. The minimum atomic E-state index is -0.698. The molecule has 0 saturated carbocycles. The van der Waals surface area contributed by atoms with Gasteiger partial charge < -0.3 is 10.2 Å². The molecule has 8 heteroatoms. The van der Waals surface area contributed by atoms with Crippen LogP contribution in [0.3, 0.4) is 0 Å². The van der Waals surface area contributed by atoms with E-state index in [1.54, 1.807) is 36.4 Å². The predicted octanol–water partition coefficient (Wildman–Crippen LogP) is 6.68. The topological polar surface area (TPSA) is 79.8 Å². The van der Waals surface area contributed by atoms with Crippen LogP contribution in [-0.4, -0.2) is 17.6 Å². The Kier molecular flexibility index (Phi) is 8.87. The van der Waals surface area contributed by atoms with Gasteiger partial charge in [0.15, 0.2) is 0 Å². The summed E-state index contributed by atoms with van der Waals surface area (Å²) in [5, 5.41) is 9.76. The second-order valence-electron chi connectivity index (χ2n) is 7.12. The minimum absolute atomic E-state index is 0.177. The number of imide groups is 1. The molecule has 0 aromatic heterocycles. The van der Waals surface area contributed by atoms with E-state index >= 15 is 0 Å². The van der Waals surface area contributed by atoms with Crippen LogP contribution in [0, 0.1) is 0 Å². The maximum absolute atomic E-state index is 12.2. The predicted molar refractivity (Wildman–Crippen MR) is 132 cm³/mol. The normalized spacial score (nSPS) is 11.1. The number of halogens is 2. The van der Waals surface area contributed by atoms with Gasteiger partial charge in [-0.15, -0.1) is 0 Å². The molecule has 0 aliphatic carbocycles. The second kappa shape index (κ2) is 12.0. The third-order valence-corrected chi connectivity index (χ3v) is 5.33. The summed E-state index contributed by atoms with van der Waals surface area (Å²) < 4.78 is 0. The zero-order valence-corrected chi connectivity index (χ0v) is 19.5. The van der Waals surface area contributed by atoms with Crippen molar-refractivity contribution in [3.8, 4) is 0 Å². The molecule has 0 unspecified atom stereocenters. The van der Waals surface area contributed by atoms with Gasteiger partial charge in [-0.25, -0.2) is 4.79 Å². The van der Waals surface area contributed by atoms with E-state index in [1.165, 1.54) is 6.07 Å². The van der Waals surface area contributed by atoms with Gasteiger partial charge in [0, 0.05) is 16.3 Å². The first-order valence-electron chi connectivity index (χ1n) is 10.4. The van der Waals surface area contributed by atoms with Gasteiger partial charge in [0.05, 0.1) is 16.3 Å². The van der Waals surface area contributed by atoms with Gasteiger partial charge in [-0.05, 0) is 36.2 Å². The maximum atomic E-state index is 12.2. The summed E-state index contributed by atoms with van der Waals surface area (Å²) in [6.07, 6.45) is 1.74. The molecule has 3 rings (SSSR count). The second-order valence-corrected chi connectivity index (χ2v) is 7.94. The number of carbonyl (C=O) groups is 2. The zero-order chi connectivity index (χ0) is 23.6. The van der Waals surface area contributed by atoms with Crippen molar-refractivity contribution in [2.75, 3.05) is 5.32 Å². The summed E-state index contributed by atoms with van der Waals surface area (Å²) >= 11 is 12.3. The molecule has 3 aromatic rings. The average Bonchev–Trinajstić information content (AvgIpc) is 2.80. The first-order valence-corrected chi connectivity index (χ1v) is 11.1. The van der Waals surface area contributed by atoms with Crippen LogP contribution in [0.4, 0.5) is 10.5 Å². The molecule has 0 fully saturated rings. The Morgan fingerprint density at radius 3 is 2.36 bits per heavy atom. The lowest BCUT2D eigenvalue weighted by molar-refractivity contribution is 0.0967. The summed E-state index contributed by atoms with van der Waals surface area (Å²) in [6.45, 7) is 2.26. The molecule has 170 valence electrons. The molecular formula is C25H23Cl2N3O3. The molecule has 0 bridgehead atoms. The number of nitrogens with zero attached hydrogens (tertiary/aromatic N) is 1. The number of urea groups is 1. The van der Waals surface area contributed by atoms with Gasteiger partial charge in [0.2, 0.25) is 0 Å². The Bertz CT molecular complexity index is 1150. The number of anilines is 1. The third-order valence-electron chi connectivity index (χ3n) is 4.65. The van der Waals surface area contributed by atoms with Crippen LogP contribution in [0.5, 0.6) is 0 Å². The van der Waals surface area contributed by atoms with Crippen LogP contribution in [0.25, 0.3) is 0 Å². The zero-order valence-electron chi connectivity index (χ0n) is 18.0. The highest BCUT2D eigenvalue weighted by Gasteiger charge is 2.14. The molecule has 6 nitrogen and oxygen atoms in total. The van der Waals surface area contributed by atoms with Gasteiger partial charge in [0.1, 0.15) is 6.61 Å². The lowest BCUT2D eigenvalue weighted by atomic mass is 10.1. The number of amides is 3. The number of hydrogen-bond acceptors (Lipinski definition) is 4. The van der Waals surface area contributed by atoms with Crippen molar-refractivity contribution in [2.45, 2.75) is 26.4 Å². The van der Waals surface area contributed by atoms with Crippen molar-refractivity contribution in [3.05, 3.63) is 99.5 Å². The van der Waals surface area contributed by atoms with Crippen LogP contribution in [0.15, 0.2) is 78.0 Å². The van der Waals surface area contributed by atoms with Crippen LogP contribution in [0.2, 0.25) is 10.0 Å². The van der Waals surface area contributed by atoms with E-state index in [0.717, 1.165) is 24.1 Å². The average molecular weight is 484 g/mol. The molecule has 0 radical (unpaired) electrons. The quantitative estimate of drug-likeness (QED) is 0.277. The van der Waals surface area contributed by atoms with Gasteiger partial charge in [0.25, 0.3) is 5.91 Å². The Morgan fingerprint density at radius 2 is 1.67 bits per heavy atom. The SMILES string of the molecule is CCCC(=NOCc1ccc(NC(=O)NC(=O)c2ccccc2Cl)cc1Cl)c1ccccc1. The summed E-state index contributed by atoms with van der Waals surface area (Å²) in [5.74, 6) is -0.603. The monoisotopic (exact) mass is 483 g/mol. The molecule has 3 amide bonds. The van der Waals surface area contributed by atoms with E-state index in [2.05, 4.69) is 22.7 Å². The third kappa shape index (κ3) is 7.07. The molecular weight excluding hydrogens is 461 g/mol. The fourth-order valence-electron chi connectivity index (χ4n) is 3.01. The molecule has 0 saturated heterocycles. The van der Waals surface area contributed by atoms with Gasteiger partial charge in [-0.2, -0.15) is 0 Å². The molecule has 0 aliphatic heterocycles. The molecule has 0 atom stereocenters. The highest BCUT2D eigenvalue weighted by atomic mass is 35.5. The van der Waals surface area contributed by atoms with Crippen molar-refractivity contribution in [3.63, 3.8) is 0 Å². The van der Waals surface area contributed by atoms with E-state index in [0.29, 0.717) is 16.3 Å². The Balaban J connectivity index is 1.58. The molecule has 33 heavy (non-hydrogen) atoms. The van der Waals surface area contributed by atoms with E-state index in [9.17, 15) is 9.59 Å². The number of rotatable bonds is 8. The summed E-state index contributed by atoms with van der Waals surface area (Å²) in [6, 6.07) is 20.6. The van der Waals surface area contributed by atoms with Crippen LogP contribution in [0.1, 0.15) is 41.3 Å². The van der Waals surface area contributed by atoms with E-state index in [1.807, 2.05) is 30.3 Å². The van der Waals surface area contributed by atoms with Crippen LogP contribution < -0.4 is 10.6 Å². The molecule has 0 spiro atoms. The number of hydrogen-bond donors (Lipinski definition) is 2. The first kappa shape index (κ1) is 24.3. The Morgan fingerprint density at radius 1 is 0.939 bits per heavy atom. The fourth-order valence-corrected chi connectivity index (χ4v) is 3.47. The van der Waals surface area contributed by atoms with Crippen molar-refractivity contribution in [1.82, 2.24) is 5.32 Å². The van der Waals surface area contributed by atoms with Gasteiger partial charge >= 0.3 is 6.03 Å². The molecule has 2 N–H and O–H groups in total. The van der Waals surface area contributed by atoms with Crippen LogP contribution in [-0.2, 0) is 11.4 Å². The molecule has 3 aromatic carbocycles. The largest absolute Gasteiger partial charge is 0.391 e. The summed E-state index contributed by atoms with van der Waals surface area (Å²) in [4.78, 5) is 29.9. The van der Waals surface area contributed by atoms with Crippen LogP contribution >= 0.6 is 23.2 Å². The van der Waals surface area contributed by atoms with Gasteiger partial charge in [-0.1, -0.05) is 90.2 Å². The van der Waals surface area contributed by atoms with E-state index in [4.69, 9.17) is 28.0 Å². The highest BCUT2D eigenvalue weighted by Crippen LogP contribution is 2.22. The summed E-state index contributed by atoms with van der Waals surface area (Å²) in [7, 11) is 0. The molecule has 0 aliphatic rings. The summed E-state index contributed by atoms with van der Waals surface area (Å²) in [5.41, 5.74) is 3.23. The van der Waals surface area contributed by atoms with Crippen molar-refractivity contribution >= 4 is 46.5 Å². The first-order chi connectivity index (χ1) is 16.0. The fraction of sp³-hybridized carbons (Fsp3) is 0.160. The van der Waals surface area contributed by atoms with Crippen molar-refractivity contribution in [1.29, 1.82) is 0 Å². The molecule has 0 heterocycles. The Labute approximate surface area is 202 Å². The van der Waals surface area contributed by atoms with Gasteiger partial charge in [-0.3, -0.25) is 10.1 Å². The number of benzene rings is 3. The maximum Gasteiger partial charge on any atom is 0.326 e. The standard InChI is InChI=1S/C25H23Cl2N3O3/c1-2-8-23(17-9-4-3-5-10-17)30-33-16-18-13-14-19(15-22(18)27)28-25(32)29-24(31)20-11-6-7-12-21(20)26/h3-7,9-15H,2,8,16H2,1H3,(H2,28,29,31,32). The Hall–Kier alpha value is -3.35.